The SMILES string of the molecule is CCCCCCCCCCCCCCCCCC(=O)OC[C@@H](COC(=O)CCCCCCCCCCCCCCCCC(C)C)OC(=O)CCCCCCCCCCCCC. The zero-order valence-electron chi connectivity index (χ0n) is 41.6. The van der Waals surface area contributed by atoms with Crippen LogP contribution in [-0.4, -0.2) is 37.2 Å². The zero-order chi connectivity index (χ0) is 44.5. The molecule has 0 heterocycles. The lowest BCUT2D eigenvalue weighted by Crippen LogP contribution is -2.30. The van der Waals surface area contributed by atoms with E-state index in [0.29, 0.717) is 19.3 Å². The molecule has 0 N–H and O–H groups in total. The molecule has 0 radical (unpaired) electrons. The summed E-state index contributed by atoms with van der Waals surface area (Å²) in [6.45, 7) is 9.05. The molecule has 0 aliphatic rings. The van der Waals surface area contributed by atoms with Crippen LogP contribution in [0, 0.1) is 5.92 Å². The smallest absolute Gasteiger partial charge is 0.306 e. The first-order chi connectivity index (χ1) is 29.9. The number of ether oxygens (including phenoxy) is 3. The fourth-order valence-electron chi connectivity index (χ4n) is 8.39. The Labute approximate surface area is 380 Å². The summed E-state index contributed by atoms with van der Waals surface area (Å²) in [6.07, 6.45) is 52.3. The highest BCUT2D eigenvalue weighted by atomic mass is 16.6. The van der Waals surface area contributed by atoms with Gasteiger partial charge in [0.1, 0.15) is 13.2 Å². The van der Waals surface area contributed by atoms with Gasteiger partial charge in [-0.3, -0.25) is 14.4 Å². The molecule has 0 amide bonds. The number of hydrogen-bond donors (Lipinski definition) is 0. The van der Waals surface area contributed by atoms with Crippen molar-refractivity contribution < 1.29 is 28.6 Å². The molecular weight excluding hydrogens is 757 g/mol. The van der Waals surface area contributed by atoms with E-state index in [1.54, 1.807) is 0 Å². The van der Waals surface area contributed by atoms with Gasteiger partial charge in [0, 0.05) is 19.3 Å². The van der Waals surface area contributed by atoms with E-state index < -0.39 is 6.10 Å². The average molecular weight is 863 g/mol. The van der Waals surface area contributed by atoms with Crippen molar-refractivity contribution in [3.63, 3.8) is 0 Å². The first-order valence-electron chi connectivity index (χ1n) is 27.4. The Morgan fingerprint density at radius 3 is 0.803 bits per heavy atom. The van der Waals surface area contributed by atoms with E-state index in [-0.39, 0.29) is 31.1 Å². The molecule has 6 nitrogen and oxygen atoms in total. The Bertz CT molecular complexity index is 918. The molecule has 0 unspecified atom stereocenters. The summed E-state index contributed by atoms with van der Waals surface area (Å²) < 4.78 is 16.8. The van der Waals surface area contributed by atoms with Crippen molar-refractivity contribution in [2.45, 2.75) is 316 Å². The van der Waals surface area contributed by atoms with Crippen LogP contribution in [0.1, 0.15) is 310 Å². The van der Waals surface area contributed by atoms with E-state index in [9.17, 15) is 14.4 Å². The van der Waals surface area contributed by atoms with Crippen LogP contribution in [-0.2, 0) is 28.6 Å². The molecule has 0 saturated carbocycles. The third-order valence-corrected chi connectivity index (χ3v) is 12.5. The molecule has 0 aromatic carbocycles. The van der Waals surface area contributed by atoms with Crippen molar-refractivity contribution in [1.29, 1.82) is 0 Å². The number of esters is 3. The fourth-order valence-corrected chi connectivity index (χ4v) is 8.39. The van der Waals surface area contributed by atoms with Crippen molar-refractivity contribution >= 4 is 17.9 Å². The van der Waals surface area contributed by atoms with Crippen molar-refractivity contribution in [3.8, 4) is 0 Å². The summed E-state index contributed by atoms with van der Waals surface area (Å²) in [6, 6.07) is 0. The van der Waals surface area contributed by atoms with Gasteiger partial charge < -0.3 is 14.2 Å². The first-order valence-corrected chi connectivity index (χ1v) is 27.4. The van der Waals surface area contributed by atoms with Gasteiger partial charge in [-0.15, -0.1) is 0 Å². The summed E-state index contributed by atoms with van der Waals surface area (Å²) in [5.74, 6) is 0.00475. The number of hydrogen-bond acceptors (Lipinski definition) is 6. The molecule has 0 spiro atoms. The van der Waals surface area contributed by atoms with Crippen LogP contribution in [0.5, 0.6) is 0 Å². The monoisotopic (exact) mass is 863 g/mol. The zero-order valence-corrected chi connectivity index (χ0v) is 41.6. The van der Waals surface area contributed by atoms with Gasteiger partial charge in [0.15, 0.2) is 6.10 Å². The molecule has 0 aromatic heterocycles. The van der Waals surface area contributed by atoms with Gasteiger partial charge in [-0.05, 0) is 25.2 Å². The van der Waals surface area contributed by atoms with Crippen molar-refractivity contribution in [1.82, 2.24) is 0 Å². The predicted molar refractivity (Wildman–Crippen MR) is 261 cm³/mol. The third-order valence-electron chi connectivity index (χ3n) is 12.5. The quantitative estimate of drug-likeness (QED) is 0.0344. The van der Waals surface area contributed by atoms with E-state index in [1.807, 2.05) is 0 Å². The van der Waals surface area contributed by atoms with Gasteiger partial charge in [0.05, 0.1) is 0 Å². The summed E-state index contributed by atoms with van der Waals surface area (Å²) >= 11 is 0. The van der Waals surface area contributed by atoms with Crippen LogP contribution in [0.2, 0.25) is 0 Å². The van der Waals surface area contributed by atoms with Gasteiger partial charge in [0.25, 0.3) is 0 Å². The maximum absolute atomic E-state index is 12.8. The Morgan fingerprint density at radius 1 is 0.311 bits per heavy atom. The third kappa shape index (κ3) is 49.3. The van der Waals surface area contributed by atoms with E-state index in [1.165, 1.54) is 205 Å². The van der Waals surface area contributed by atoms with Crippen molar-refractivity contribution in [3.05, 3.63) is 0 Å². The van der Waals surface area contributed by atoms with Crippen LogP contribution in [0.3, 0.4) is 0 Å². The minimum absolute atomic E-state index is 0.0622. The van der Waals surface area contributed by atoms with Crippen LogP contribution in [0.4, 0.5) is 0 Å². The molecule has 0 aromatic rings. The largest absolute Gasteiger partial charge is 0.462 e. The molecule has 6 heteroatoms. The van der Waals surface area contributed by atoms with Crippen LogP contribution >= 0.6 is 0 Å². The van der Waals surface area contributed by atoms with Crippen LogP contribution in [0.15, 0.2) is 0 Å². The lowest BCUT2D eigenvalue weighted by atomic mass is 10.0. The van der Waals surface area contributed by atoms with E-state index in [2.05, 4.69) is 27.7 Å². The highest BCUT2D eigenvalue weighted by Gasteiger charge is 2.19. The minimum Gasteiger partial charge on any atom is -0.462 e. The molecule has 0 bridgehead atoms. The van der Waals surface area contributed by atoms with Gasteiger partial charge in [-0.2, -0.15) is 0 Å². The summed E-state index contributed by atoms with van der Waals surface area (Å²) in [4.78, 5) is 38.0. The van der Waals surface area contributed by atoms with E-state index in [0.717, 1.165) is 63.7 Å². The van der Waals surface area contributed by atoms with Crippen LogP contribution in [0.25, 0.3) is 0 Å². The van der Waals surface area contributed by atoms with Crippen molar-refractivity contribution in [2.24, 2.45) is 5.92 Å². The predicted octanol–water partition coefficient (Wildman–Crippen LogP) is 17.8. The Balaban J connectivity index is 4.26. The summed E-state index contributed by atoms with van der Waals surface area (Å²) in [5.41, 5.74) is 0. The highest BCUT2D eigenvalue weighted by Crippen LogP contribution is 2.17. The Kier molecular flexibility index (Phi) is 48.1. The second-order valence-corrected chi connectivity index (χ2v) is 19.3. The number of rotatable bonds is 50. The van der Waals surface area contributed by atoms with Gasteiger partial charge in [-0.1, -0.05) is 272 Å². The molecule has 1 atom stereocenters. The molecule has 362 valence electrons. The maximum atomic E-state index is 12.8. The lowest BCUT2D eigenvalue weighted by Gasteiger charge is -2.18. The second-order valence-electron chi connectivity index (χ2n) is 19.3. The molecule has 0 rings (SSSR count). The number of carbonyl (C=O) groups excluding carboxylic acids is 3. The first kappa shape index (κ1) is 59.4. The van der Waals surface area contributed by atoms with Gasteiger partial charge >= 0.3 is 17.9 Å². The number of carbonyl (C=O) groups is 3. The topological polar surface area (TPSA) is 78.9 Å². The second kappa shape index (κ2) is 49.4. The molecule has 0 saturated heterocycles. The fraction of sp³-hybridized carbons (Fsp3) is 0.945. The number of unbranched alkanes of at least 4 members (excludes halogenated alkanes) is 37. The van der Waals surface area contributed by atoms with E-state index >= 15 is 0 Å². The lowest BCUT2D eigenvalue weighted by molar-refractivity contribution is -0.167. The Hall–Kier alpha value is -1.59. The molecule has 0 fully saturated rings. The molecular formula is C55H106O6. The average Bonchev–Trinajstić information content (AvgIpc) is 3.24. The van der Waals surface area contributed by atoms with E-state index in [4.69, 9.17) is 14.2 Å². The molecule has 61 heavy (non-hydrogen) atoms. The summed E-state index contributed by atoms with van der Waals surface area (Å²) in [5, 5.41) is 0. The molecule has 0 aliphatic carbocycles. The van der Waals surface area contributed by atoms with Gasteiger partial charge in [-0.25, -0.2) is 0 Å². The normalized spacial score (nSPS) is 12.0. The standard InChI is InChI=1S/C55H106O6/c1-5-7-9-11-13-15-17-18-19-23-27-30-34-38-42-46-53(56)59-49-52(61-55(58)48-44-40-36-32-25-16-14-12-10-8-6-2)50-60-54(57)47-43-39-35-31-28-24-21-20-22-26-29-33-37-41-45-51(3)4/h51-52H,5-50H2,1-4H3/t52-/m0/s1. The Morgan fingerprint density at radius 2 is 0.541 bits per heavy atom. The van der Waals surface area contributed by atoms with Gasteiger partial charge in [0.2, 0.25) is 0 Å². The van der Waals surface area contributed by atoms with Crippen molar-refractivity contribution in [2.75, 3.05) is 13.2 Å². The summed E-state index contributed by atoms with van der Waals surface area (Å²) in [7, 11) is 0. The van der Waals surface area contributed by atoms with Crippen LogP contribution < -0.4 is 0 Å². The highest BCUT2D eigenvalue weighted by molar-refractivity contribution is 5.71. The molecule has 0 aliphatic heterocycles. The minimum atomic E-state index is -0.760. The maximum Gasteiger partial charge on any atom is 0.306 e.